The summed E-state index contributed by atoms with van der Waals surface area (Å²) in [6.07, 6.45) is 6.23. The van der Waals surface area contributed by atoms with E-state index in [0.29, 0.717) is 8.84 Å². The van der Waals surface area contributed by atoms with E-state index in [1.54, 1.807) is 0 Å². The van der Waals surface area contributed by atoms with Crippen LogP contribution in [0, 0.1) is 5.41 Å². The Morgan fingerprint density at radius 2 is 1.94 bits per heavy atom. The summed E-state index contributed by atoms with van der Waals surface area (Å²) >= 11 is 2.60. The number of hydrogen-bond donors (Lipinski definition) is 1. The average Bonchev–Trinajstić information content (AvgIpc) is 2.04. The molecule has 3 rings (SSSR count). The van der Waals surface area contributed by atoms with Gasteiger partial charge in [0.05, 0.1) is 0 Å². The minimum Gasteiger partial charge on any atom is -0.444 e. The Morgan fingerprint density at radius 1 is 1.35 bits per heavy atom. The summed E-state index contributed by atoms with van der Waals surface area (Å²) in [4.78, 5) is 11.4. The monoisotopic (exact) mass is 351 g/mol. The summed E-state index contributed by atoms with van der Waals surface area (Å²) in [6.45, 7) is 6.39. The highest BCUT2D eigenvalue weighted by Crippen LogP contribution is 2.73. The normalized spacial score (nSPS) is 34.6. The van der Waals surface area contributed by atoms with Crippen LogP contribution in [0.4, 0.5) is 4.79 Å². The summed E-state index contributed by atoms with van der Waals surface area (Å²) in [5, 5.41) is 2.82. The highest BCUT2D eigenvalue weighted by atomic mass is 127. The van der Waals surface area contributed by atoms with Crippen molar-refractivity contribution in [3.8, 4) is 0 Å². The molecule has 98 valence electrons. The predicted octanol–water partition coefficient (Wildman–Crippen LogP) is 3.65. The number of hydrogen-bond acceptors (Lipinski definition) is 2. The summed E-state index contributed by atoms with van der Waals surface area (Å²) in [5.74, 6) is 0. The van der Waals surface area contributed by atoms with Crippen LogP contribution in [0.3, 0.4) is 0 Å². The van der Waals surface area contributed by atoms with Gasteiger partial charge in [0, 0.05) is 9.97 Å². The molecule has 0 aromatic rings. The highest BCUT2D eigenvalue weighted by molar-refractivity contribution is 14.1. The molecular formula is C13H22INO2. The first kappa shape index (κ1) is 13.4. The van der Waals surface area contributed by atoms with Gasteiger partial charge in [-0.15, -0.1) is 0 Å². The standard InChI is InChI=1S/C13H22INO2/c1-11(2,3)17-10(16)15-6-4-5-12-7-13(14,8-12)9-12/h4-9H2,1-3H3,(H,15,16). The molecule has 3 aliphatic rings. The lowest BCUT2D eigenvalue weighted by Gasteiger charge is -2.68. The number of rotatable bonds is 4. The molecule has 1 N–H and O–H groups in total. The van der Waals surface area contributed by atoms with Crippen LogP contribution in [0.2, 0.25) is 0 Å². The molecule has 3 nitrogen and oxygen atoms in total. The second-order valence-corrected chi connectivity index (χ2v) is 9.00. The maximum atomic E-state index is 11.4. The molecular weight excluding hydrogens is 329 g/mol. The smallest absolute Gasteiger partial charge is 0.407 e. The molecule has 0 saturated heterocycles. The second kappa shape index (κ2) is 4.28. The van der Waals surface area contributed by atoms with Crippen molar-refractivity contribution in [1.82, 2.24) is 5.32 Å². The van der Waals surface area contributed by atoms with Crippen LogP contribution in [-0.2, 0) is 4.74 Å². The summed E-state index contributed by atoms with van der Waals surface area (Å²) < 4.78 is 5.85. The summed E-state index contributed by atoms with van der Waals surface area (Å²) in [6, 6.07) is 0. The van der Waals surface area contributed by atoms with Crippen LogP contribution < -0.4 is 5.32 Å². The number of alkyl carbamates (subject to hydrolysis) is 1. The van der Waals surface area contributed by atoms with Crippen molar-refractivity contribution >= 4 is 28.7 Å². The van der Waals surface area contributed by atoms with Crippen LogP contribution in [0.15, 0.2) is 0 Å². The van der Waals surface area contributed by atoms with Gasteiger partial charge in [-0.3, -0.25) is 0 Å². The van der Waals surface area contributed by atoms with E-state index in [1.165, 1.54) is 25.7 Å². The van der Waals surface area contributed by atoms with Crippen molar-refractivity contribution in [2.75, 3.05) is 6.54 Å². The lowest BCUT2D eigenvalue weighted by Crippen LogP contribution is -2.63. The molecule has 2 bridgehead atoms. The van der Waals surface area contributed by atoms with Gasteiger partial charge in [-0.05, 0) is 58.3 Å². The second-order valence-electron chi connectivity index (χ2n) is 6.71. The van der Waals surface area contributed by atoms with E-state index in [9.17, 15) is 4.79 Å². The lowest BCUT2D eigenvalue weighted by atomic mass is 9.43. The van der Waals surface area contributed by atoms with E-state index in [0.717, 1.165) is 13.0 Å². The fourth-order valence-corrected chi connectivity index (χ4v) is 5.52. The van der Waals surface area contributed by atoms with E-state index >= 15 is 0 Å². The van der Waals surface area contributed by atoms with Crippen molar-refractivity contribution in [1.29, 1.82) is 0 Å². The number of carbonyl (C=O) groups is 1. The molecule has 0 aromatic heterocycles. The van der Waals surface area contributed by atoms with Crippen molar-refractivity contribution in [3.05, 3.63) is 0 Å². The van der Waals surface area contributed by atoms with Crippen LogP contribution in [-0.4, -0.2) is 21.7 Å². The maximum Gasteiger partial charge on any atom is 0.407 e. The third-order valence-corrected chi connectivity index (χ3v) is 4.77. The van der Waals surface area contributed by atoms with Gasteiger partial charge in [-0.25, -0.2) is 4.79 Å². The topological polar surface area (TPSA) is 38.3 Å². The summed E-state index contributed by atoms with van der Waals surface area (Å²) in [5.41, 5.74) is 0.252. The maximum absolute atomic E-state index is 11.4. The average molecular weight is 351 g/mol. The molecule has 0 unspecified atom stereocenters. The number of alkyl halides is 1. The first-order chi connectivity index (χ1) is 7.72. The molecule has 4 heteroatoms. The number of nitrogens with one attached hydrogen (secondary N) is 1. The van der Waals surface area contributed by atoms with Crippen LogP contribution in [0.5, 0.6) is 0 Å². The van der Waals surface area contributed by atoms with Crippen molar-refractivity contribution < 1.29 is 9.53 Å². The van der Waals surface area contributed by atoms with Gasteiger partial charge in [-0.2, -0.15) is 0 Å². The van der Waals surface area contributed by atoms with E-state index in [2.05, 4.69) is 27.9 Å². The Bertz CT molecular complexity index is 302. The summed E-state index contributed by atoms with van der Waals surface area (Å²) in [7, 11) is 0. The Balaban J connectivity index is 1.54. The fraction of sp³-hybridized carbons (Fsp3) is 0.923. The van der Waals surface area contributed by atoms with Crippen LogP contribution in [0.25, 0.3) is 0 Å². The Kier molecular flexibility index (Phi) is 3.38. The number of halogens is 1. The van der Waals surface area contributed by atoms with Crippen molar-refractivity contribution in [2.45, 2.75) is 61.9 Å². The van der Waals surface area contributed by atoms with Gasteiger partial charge in [0.25, 0.3) is 0 Å². The number of amides is 1. The van der Waals surface area contributed by atoms with Gasteiger partial charge < -0.3 is 10.1 Å². The van der Waals surface area contributed by atoms with E-state index < -0.39 is 5.60 Å². The third-order valence-electron chi connectivity index (χ3n) is 3.63. The zero-order valence-corrected chi connectivity index (χ0v) is 13.1. The largest absolute Gasteiger partial charge is 0.444 e. The molecule has 0 heterocycles. The highest BCUT2D eigenvalue weighted by Gasteiger charge is 2.65. The Hall–Kier alpha value is 0. The molecule has 0 radical (unpaired) electrons. The van der Waals surface area contributed by atoms with Gasteiger partial charge in [-0.1, -0.05) is 22.6 Å². The fourth-order valence-electron chi connectivity index (χ4n) is 3.09. The van der Waals surface area contributed by atoms with Gasteiger partial charge in [0.1, 0.15) is 5.60 Å². The predicted molar refractivity (Wildman–Crippen MR) is 76.5 cm³/mol. The zero-order valence-electron chi connectivity index (χ0n) is 10.9. The lowest BCUT2D eigenvalue weighted by molar-refractivity contribution is -0.0706. The van der Waals surface area contributed by atoms with Gasteiger partial charge in [0.15, 0.2) is 0 Å². The number of carbonyl (C=O) groups excluding carboxylic acids is 1. The Morgan fingerprint density at radius 3 is 2.41 bits per heavy atom. The number of ether oxygens (including phenoxy) is 1. The third kappa shape index (κ3) is 3.26. The first-order valence-corrected chi connectivity index (χ1v) is 7.46. The molecule has 0 spiro atoms. The van der Waals surface area contributed by atoms with Crippen LogP contribution >= 0.6 is 22.6 Å². The van der Waals surface area contributed by atoms with Crippen molar-refractivity contribution in [2.24, 2.45) is 5.41 Å². The molecule has 3 fully saturated rings. The quantitative estimate of drug-likeness (QED) is 0.477. The Labute approximate surface area is 117 Å². The minimum absolute atomic E-state index is 0.291. The molecule has 0 aliphatic heterocycles. The van der Waals surface area contributed by atoms with E-state index in [1.807, 2.05) is 20.8 Å². The molecule has 0 atom stereocenters. The molecule has 3 saturated carbocycles. The van der Waals surface area contributed by atoms with Gasteiger partial charge in [0.2, 0.25) is 0 Å². The van der Waals surface area contributed by atoms with Crippen molar-refractivity contribution in [3.63, 3.8) is 0 Å². The SMILES string of the molecule is CC(C)(C)OC(=O)NCCCC12CC(I)(C1)C2. The molecule has 0 aromatic carbocycles. The van der Waals surface area contributed by atoms with E-state index in [4.69, 9.17) is 4.74 Å². The van der Waals surface area contributed by atoms with Crippen LogP contribution in [0.1, 0.15) is 52.9 Å². The molecule has 1 amide bonds. The van der Waals surface area contributed by atoms with Gasteiger partial charge >= 0.3 is 6.09 Å². The first-order valence-electron chi connectivity index (χ1n) is 6.38. The molecule has 3 aliphatic carbocycles. The zero-order chi connectivity index (χ0) is 12.7. The van der Waals surface area contributed by atoms with E-state index in [-0.39, 0.29) is 6.09 Å². The minimum atomic E-state index is -0.397. The molecule has 17 heavy (non-hydrogen) atoms.